The second kappa shape index (κ2) is 4.65. The molecule has 1 aliphatic carbocycles. The second-order valence-corrected chi connectivity index (χ2v) is 6.10. The Bertz CT molecular complexity index is 470. The molecule has 1 unspecified atom stereocenters. The van der Waals surface area contributed by atoms with Gasteiger partial charge in [-0.05, 0) is 43.9 Å². The number of anilines is 1. The number of benzene rings is 1. The fourth-order valence-corrected chi connectivity index (χ4v) is 2.94. The minimum atomic E-state index is -0.432. The van der Waals surface area contributed by atoms with Crippen LogP contribution >= 0.6 is 0 Å². The van der Waals surface area contributed by atoms with Crippen LogP contribution in [-0.2, 0) is 0 Å². The first kappa shape index (κ1) is 13.0. The van der Waals surface area contributed by atoms with Gasteiger partial charge in [0.15, 0.2) is 0 Å². The average Bonchev–Trinajstić information content (AvgIpc) is 2.32. The van der Waals surface area contributed by atoms with Gasteiger partial charge < -0.3 is 5.32 Å². The summed E-state index contributed by atoms with van der Waals surface area (Å²) < 4.78 is 0. The number of nitriles is 1. The molecule has 1 N–H and O–H groups in total. The van der Waals surface area contributed by atoms with E-state index in [1.165, 1.54) is 12.0 Å². The Labute approximate surface area is 110 Å². The fourth-order valence-electron chi connectivity index (χ4n) is 2.94. The van der Waals surface area contributed by atoms with Gasteiger partial charge in [0, 0.05) is 11.1 Å². The van der Waals surface area contributed by atoms with Crippen molar-refractivity contribution < 1.29 is 0 Å². The van der Waals surface area contributed by atoms with Gasteiger partial charge >= 0.3 is 0 Å². The summed E-state index contributed by atoms with van der Waals surface area (Å²) in [5.74, 6) is 0. The van der Waals surface area contributed by atoms with Crippen LogP contribution in [-0.4, -0.2) is 5.54 Å². The standard InChI is InChI=1S/C16H22N2/c1-13-7-6-8-14(11-13)18-16(12-17)10-5-4-9-15(16,2)3/h6-8,11,18H,4-5,9-10H2,1-3H3. The van der Waals surface area contributed by atoms with Crippen LogP contribution < -0.4 is 5.32 Å². The molecule has 1 fully saturated rings. The Morgan fingerprint density at radius 3 is 2.56 bits per heavy atom. The number of nitrogens with one attached hydrogen (secondary N) is 1. The van der Waals surface area contributed by atoms with Gasteiger partial charge in [-0.2, -0.15) is 5.26 Å². The van der Waals surface area contributed by atoms with Crippen LogP contribution in [0.5, 0.6) is 0 Å². The lowest BCUT2D eigenvalue weighted by Gasteiger charge is -2.46. The maximum atomic E-state index is 9.70. The molecule has 0 saturated heterocycles. The average molecular weight is 242 g/mol. The van der Waals surface area contributed by atoms with Gasteiger partial charge in [-0.1, -0.05) is 32.4 Å². The van der Waals surface area contributed by atoms with Gasteiger partial charge in [0.1, 0.15) is 5.54 Å². The van der Waals surface area contributed by atoms with E-state index in [0.717, 1.165) is 24.9 Å². The van der Waals surface area contributed by atoms with Crippen molar-refractivity contribution in [2.24, 2.45) is 5.41 Å². The quantitative estimate of drug-likeness (QED) is 0.840. The summed E-state index contributed by atoms with van der Waals surface area (Å²) in [5.41, 5.74) is 1.87. The number of rotatable bonds is 2. The summed E-state index contributed by atoms with van der Waals surface area (Å²) in [5, 5.41) is 13.2. The van der Waals surface area contributed by atoms with Crippen molar-refractivity contribution >= 4 is 5.69 Å². The smallest absolute Gasteiger partial charge is 0.130 e. The molecule has 1 saturated carbocycles. The highest BCUT2D eigenvalue weighted by Gasteiger charge is 2.47. The molecule has 18 heavy (non-hydrogen) atoms. The fraction of sp³-hybridized carbons (Fsp3) is 0.562. The van der Waals surface area contributed by atoms with E-state index in [9.17, 15) is 5.26 Å². The molecular weight excluding hydrogens is 220 g/mol. The zero-order valence-electron chi connectivity index (χ0n) is 11.6. The third-order valence-corrected chi connectivity index (χ3v) is 4.33. The Morgan fingerprint density at radius 2 is 1.94 bits per heavy atom. The second-order valence-electron chi connectivity index (χ2n) is 6.10. The van der Waals surface area contributed by atoms with E-state index < -0.39 is 5.54 Å². The first-order valence-corrected chi connectivity index (χ1v) is 6.75. The Kier molecular flexibility index (Phi) is 3.34. The largest absolute Gasteiger partial charge is 0.367 e. The summed E-state index contributed by atoms with van der Waals surface area (Å²) >= 11 is 0. The molecule has 0 spiro atoms. The maximum Gasteiger partial charge on any atom is 0.130 e. The predicted molar refractivity (Wildman–Crippen MR) is 75.4 cm³/mol. The molecule has 96 valence electrons. The molecule has 0 aromatic heterocycles. The lowest BCUT2D eigenvalue weighted by atomic mass is 9.63. The van der Waals surface area contributed by atoms with Gasteiger partial charge in [-0.3, -0.25) is 0 Å². The molecule has 1 aromatic carbocycles. The molecule has 2 rings (SSSR count). The molecule has 1 aromatic rings. The summed E-state index contributed by atoms with van der Waals surface area (Å²) in [6.45, 7) is 6.49. The topological polar surface area (TPSA) is 35.8 Å². The van der Waals surface area contributed by atoms with E-state index in [0.29, 0.717) is 0 Å². The Morgan fingerprint density at radius 1 is 1.22 bits per heavy atom. The number of hydrogen-bond donors (Lipinski definition) is 1. The van der Waals surface area contributed by atoms with Crippen molar-refractivity contribution in [3.63, 3.8) is 0 Å². The van der Waals surface area contributed by atoms with Crippen molar-refractivity contribution in [2.75, 3.05) is 5.32 Å². The van der Waals surface area contributed by atoms with Crippen LogP contribution in [0.4, 0.5) is 5.69 Å². The lowest BCUT2D eigenvalue weighted by Crippen LogP contribution is -2.52. The predicted octanol–water partition coefficient (Wildman–Crippen LogP) is 4.27. The summed E-state index contributed by atoms with van der Waals surface area (Å²) in [6, 6.07) is 10.9. The van der Waals surface area contributed by atoms with E-state index in [-0.39, 0.29) is 5.41 Å². The van der Waals surface area contributed by atoms with Gasteiger partial charge in [0.05, 0.1) is 6.07 Å². The molecule has 2 heteroatoms. The van der Waals surface area contributed by atoms with Crippen LogP contribution in [0.25, 0.3) is 0 Å². The monoisotopic (exact) mass is 242 g/mol. The van der Waals surface area contributed by atoms with E-state index >= 15 is 0 Å². The summed E-state index contributed by atoms with van der Waals surface area (Å²) in [7, 11) is 0. The Hall–Kier alpha value is -1.49. The normalized spacial score (nSPS) is 26.3. The molecule has 0 amide bonds. The molecule has 0 radical (unpaired) electrons. The van der Waals surface area contributed by atoms with Crippen LogP contribution in [0.2, 0.25) is 0 Å². The molecule has 0 heterocycles. The van der Waals surface area contributed by atoms with Crippen LogP contribution in [0.3, 0.4) is 0 Å². The van der Waals surface area contributed by atoms with Crippen LogP contribution in [0, 0.1) is 23.7 Å². The highest BCUT2D eigenvalue weighted by Crippen LogP contribution is 2.45. The minimum absolute atomic E-state index is 0.0176. The van der Waals surface area contributed by atoms with E-state index in [1.807, 2.05) is 6.07 Å². The Balaban J connectivity index is 2.31. The first-order chi connectivity index (χ1) is 8.49. The number of hydrogen-bond acceptors (Lipinski definition) is 2. The van der Waals surface area contributed by atoms with Crippen molar-refractivity contribution in [2.45, 2.75) is 52.0 Å². The zero-order valence-corrected chi connectivity index (χ0v) is 11.6. The third kappa shape index (κ3) is 2.22. The molecule has 0 aliphatic heterocycles. The first-order valence-electron chi connectivity index (χ1n) is 6.75. The van der Waals surface area contributed by atoms with Crippen LogP contribution in [0.1, 0.15) is 45.1 Å². The highest BCUT2D eigenvalue weighted by molar-refractivity contribution is 5.50. The van der Waals surface area contributed by atoms with Crippen molar-refractivity contribution in [3.05, 3.63) is 29.8 Å². The SMILES string of the molecule is Cc1cccc(NC2(C#N)CCCCC2(C)C)c1. The molecule has 0 bridgehead atoms. The highest BCUT2D eigenvalue weighted by atomic mass is 15.0. The third-order valence-electron chi connectivity index (χ3n) is 4.33. The van der Waals surface area contributed by atoms with Gasteiger partial charge in [0.2, 0.25) is 0 Å². The van der Waals surface area contributed by atoms with Crippen molar-refractivity contribution in [1.82, 2.24) is 0 Å². The van der Waals surface area contributed by atoms with E-state index in [1.54, 1.807) is 0 Å². The number of aryl methyl sites for hydroxylation is 1. The number of nitrogens with zero attached hydrogens (tertiary/aromatic N) is 1. The molecule has 1 atom stereocenters. The summed E-state index contributed by atoms with van der Waals surface area (Å²) in [6.07, 6.45) is 4.41. The maximum absolute atomic E-state index is 9.70. The van der Waals surface area contributed by atoms with Gasteiger partial charge in [0.25, 0.3) is 0 Å². The van der Waals surface area contributed by atoms with Crippen molar-refractivity contribution in [3.8, 4) is 6.07 Å². The van der Waals surface area contributed by atoms with Crippen molar-refractivity contribution in [1.29, 1.82) is 5.26 Å². The van der Waals surface area contributed by atoms with Gasteiger partial charge in [-0.15, -0.1) is 0 Å². The van der Waals surface area contributed by atoms with Gasteiger partial charge in [-0.25, -0.2) is 0 Å². The minimum Gasteiger partial charge on any atom is -0.367 e. The van der Waals surface area contributed by atoms with E-state index in [4.69, 9.17) is 0 Å². The van der Waals surface area contributed by atoms with Crippen LogP contribution in [0.15, 0.2) is 24.3 Å². The zero-order chi connectivity index (χ0) is 13.2. The molecule has 2 nitrogen and oxygen atoms in total. The summed E-state index contributed by atoms with van der Waals surface area (Å²) in [4.78, 5) is 0. The van der Waals surface area contributed by atoms with E-state index in [2.05, 4.69) is 50.4 Å². The lowest BCUT2D eigenvalue weighted by molar-refractivity contribution is 0.164. The molecule has 1 aliphatic rings. The molecular formula is C16H22N2.